The number of benzene rings is 2. The average molecular weight is 534 g/mol. The Labute approximate surface area is 218 Å². The molecule has 37 heavy (non-hydrogen) atoms. The number of sulfonamides is 1. The van der Waals surface area contributed by atoms with Crippen molar-refractivity contribution < 1.29 is 32.6 Å². The summed E-state index contributed by atoms with van der Waals surface area (Å²) in [7, 11) is -2.63. The summed E-state index contributed by atoms with van der Waals surface area (Å²) in [5.41, 5.74) is 0.884. The van der Waals surface area contributed by atoms with Gasteiger partial charge in [0.15, 0.2) is 0 Å². The monoisotopic (exact) mass is 533 g/mol. The fourth-order valence-corrected chi connectivity index (χ4v) is 4.90. The minimum absolute atomic E-state index is 0.0450. The summed E-state index contributed by atoms with van der Waals surface area (Å²) < 4.78 is 32.4. The van der Waals surface area contributed by atoms with Crippen molar-refractivity contribution >= 4 is 27.8 Å². The first-order valence-corrected chi connectivity index (χ1v) is 13.6. The van der Waals surface area contributed by atoms with Gasteiger partial charge in [0.1, 0.15) is 11.8 Å². The van der Waals surface area contributed by atoms with E-state index < -0.39 is 33.8 Å². The predicted molar refractivity (Wildman–Crippen MR) is 139 cm³/mol. The van der Waals surface area contributed by atoms with Crippen LogP contribution in [0.5, 0.6) is 5.75 Å². The lowest BCUT2D eigenvalue weighted by Crippen LogP contribution is -2.44. The largest absolute Gasteiger partial charge is 0.507 e. The molecular formula is C26H35N3O7S. The Balaban J connectivity index is 2.03. The van der Waals surface area contributed by atoms with E-state index in [1.807, 2.05) is 44.2 Å². The maximum Gasteiger partial charge on any atom is 0.323 e. The Morgan fingerprint density at radius 2 is 1.68 bits per heavy atom. The number of nitrogens with one attached hydrogen (secondary N) is 2. The summed E-state index contributed by atoms with van der Waals surface area (Å²) >= 11 is 0. The van der Waals surface area contributed by atoms with Crippen LogP contribution in [-0.4, -0.2) is 68.2 Å². The van der Waals surface area contributed by atoms with E-state index in [9.17, 15) is 27.9 Å². The molecule has 2 amide bonds. The van der Waals surface area contributed by atoms with E-state index >= 15 is 0 Å². The molecule has 202 valence electrons. The molecule has 0 saturated heterocycles. The number of carbonyl (C=O) groups excluding carboxylic acids is 3. The predicted octanol–water partition coefficient (Wildman–Crippen LogP) is 2.05. The number of phenols is 1. The van der Waals surface area contributed by atoms with Crippen molar-refractivity contribution in [2.24, 2.45) is 5.92 Å². The van der Waals surface area contributed by atoms with Gasteiger partial charge >= 0.3 is 5.97 Å². The summed E-state index contributed by atoms with van der Waals surface area (Å²) in [4.78, 5) is 38.8. The summed E-state index contributed by atoms with van der Waals surface area (Å²) in [6.45, 7) is 3.74. The second-order valence-corrected chi connectivity index (χ2v) is 10.9. The van der Waals surface area contributed by atoms with Crippen molar-refractivity contribution in [2.45, 2.75) is 39.3 Å². The van der Waals surface area contributed by atoms with Gasteiger partial charge in [0.2, 0.25) is 15.9 Å². The third kappa shape index (κ3) is 10.2. The number of amides is 2. The number of esters is 1. The molecule has 0 radical (unpaired) electrons. The van der Waals surface area contributed by atoms with E-state index in [0.29, 0.717) is 6.42 Å². The highest BCUT2D eigenvalue weighted by atomic mass is 32.2. The molecule has 1 unspecified atom stereocenters. The molecule has 2 aromatic carbocycles. The molecule has 11 heteroatoms. The van der Waals surface area contributed by atoms with Crippen molar-refractivity contribution in [1.82, 2.24) is 14.9 Å². The Morgan fingerprint density at radius 1 is 1.03 bits per heavy atom. The molecule has 0 bridgehead atoms. The van der Waals surface area contributed by atoms with E-state index in [2.05, 4.69) is 10.0 Å². The fourth-order valence-electron chi connectivity index (χ4n) is 3.65. The highest BCUT2D eigenvalue weighted by molar-refractivity contribution is 7.89. The van der Waals surface area contributed by atoms with Crippen LogP contribution in [-0.2, 0) is 30.9 Å². The third-order valence-electron chi connectivity index (χ3n) is 5.47. The van der Waals surface area contributed by atoms with Crippen LogP contribution in [0.4, 0.5) is 0 Å². The summed E-state index contributed by atoms with van der Waals surface area (Å²) in [6, 6.07) is 14.2. The van der Waals surface area contributed by atoms with Gasteiger partial charge in [0.05, 0.1) is 25.0 Å². The van der Waals surface area contributed by atoms with Gasteiger partial charge in [0.25, 0.3) is 5.91 Å². The van der Waals surface area contributed by atoms with Crippen molar-refractivity contribution in [3.8, 4) is 5.75 Å². The minimum atomic E-state index is -3.83. The molecule has 2 rings (SSSR count). The van der Waals surface area contributed by atoms with Gasteiger partial charge in [0, 0.05) is 13.1 Å². The number of rotatable bonds is 14. The molecule has 2 aromatic rings. The van der Waals surface area contributed by atoms with Crippen molar-refractivity contribution in [3.63, 3.8) is 0 Å². The maximum absolute atomic E-state index is 13.0. The Morgan fingerprint density at radius 3 is 2.30 bits per heavy atom. The van der Waals surface area contributed by atoms with Gasteiger partial charge < -0.3 is 20.1 Å². The highest BCUT2D eigenvalue weighted by Crippen LogP contribution is 2.15. The van der Waals surface area contributed by atoms with Crippen LogP contribution in [0, 0.1) is 5.92 Å². The standard InChI is InChI=1S/C26H35N3O7S/c1-19(2)16-22(26(33)36-3)28-37(34,35)15-9-14-29(18-20-10-5-4-6-11-20)24(31)17-27-25(32)21-12-7-8-13-23(21)30/h4-8,10-13,19,22,28,30H,9,14-18H2,1-3H3,(H,27,32). The Hall–Kier alpha value is -3.44. The topological polar surface area (TPSA) is 142 Å². The van der Waals surface area contributed by atoms with Crippen LogP contribution in [0.2, 0.25) is 0 Å². The van der Waals surface area contributed by atoms with Crippen molar-refractivity contribution in [1.29, 1.82) is 0 Å². The average Bonchev–Trinajstić information content (AvgIpc) is 2.86. The molecule has 0 aliphatic heterocycles. The molecule has 0 spiro atoms. The molecule has 0 aromatic heterocycles. The number of ether oxygens (including phenoxy) is 1. The minimum Gasteiger partial charge on any atom is -0.507 e. The number of carbonyl (C=O) groups is 3. The first kappa shape index (κ1) is 29.8. The second-order valence-electron chi connectivity index (χ2n) is 9.00. The normalized spacial score (nSPS) is 12.1. The number of aromatic hydroxyl groups is 1. The second kappa shape index (κ2) is 14.3. The lowest BCUT2D eigenvalue weighted by molar-refractivity contribution is -0.143. The van der Waals surface area contributed by atoms with Crippen molar-refractivity contribution in [3.05, 3.63) is 65.7 Å². The zero-order valence-electron chi connectivity index (χ0n) is 21.3. The van der Waals surface area contributed by atoms with Gasteiger partial charge in [-0.1, -0.05) is 56.3 Å². The quantitative estimate of drug-likeness (QED) is 0.316. The molecule has 1 atom stereocenters. The summed E-state index contributed by atoms with van der Waals surface area (Å²) in [6.07, 6.45) is 0.401. The van der Waals surface area contributed by atoms with Crippen LogP contribution >= 0.6 is 0 Å². The van der Waals surface area contributed by atoms with Crippen LogP contribution in [0.25, 0.3) is 0 Å². The van der Waals surface area contributed by atoms with Gasteiger partial charge in [-0.15, -0.1) is 0 Å². The van der Waals surface area contributed by atoms with E-state index in [1.54, 1.807) is 12.1 Å². The van der Waals surface area contributed by atoms with E-state index in [0.717, 1.165) is 5.56 Å². The number of nitrogens with zero attached hydrogens (tertiary/aromatic N) is 1. The number of methoxy groups -OCH3 is 1. The van der Waals surface area contributed by atoms with Gasteiger partial charge in [-0.25, -0.2) is 13.1 Å². The number of hydrogen-bond donors (Lipinski definition) is 3. The number of para-hydroxylation sites is 1. The summed E-state index contributed by atoms with van der Waals surface area (Å²) in [5.74, 6) is -2.10. The van der Waals surface area contributed by atoms with Crippen molar-refractivity contribution in [2.75, 3.05) is 26.0 Å². The van der Waals surface area contributed by atoms with Gasteiger partial charge in [-0.3, -0.25) is 14.4 Å². The van der Waals surface area contributed by atoms with Crippen LogP contribution in [0.3, 0.4) is 0 Å². The van der Waals surface area contributed by atoms with E-state index in [4.69, 9.17) is 4.74 Å². The molecule has 0 heterocycles. The van der Waals surface area contributed by atoms with E-state index in [1.165, 1.54) is 24.1 Å². The highest BCUT2D eigenvalue weighted by Gasteiger charge is 2.26. The lowest BCUT2D eigenvalue weighted by Gasteiger charge is -2.24. The maximum atomic E-state index is 13.0. The lowest BCUT2D eigenvalue weighted by atomic mass is 10.1. The van der Waals surface area contributed by atoms with E-state index in [-0.39, 0.29) is 49.0 Å². The van der Waals surface area contributed by atoms with Crippen LogP contribution < -0.4 is 10.0 Å². The first-order chi connectivity index (χ1) is 17.5. The third-order valence-corrected chi connectivity index (χ3v) is 6.94. The molecule has 0 aliphatic carbocycles. The molecule has 3 N–H and O–H groups in total. The molecule has 0 aliphatic rings. The SMILES string of the molecule is COC(=O)C(CC(C)C)NS(=O)(=O)CCCN(Cc1ccccc1)C(=O)CNC(=O)c1ccccc1O. The zero-order chi connectivity index (χ0) is 27.4. The van der Waals surface area contributed by atoms with Crippen LogP contribution in [0.1, 0.15) is 42.6 Å². The number of hydrogen-bond acceptors (Lipinski definition) is 7. The molecular weight excluding hydrogens is 498 g/mol. The Kier molecular flexibility index (Phi) is 11.5. The first-order valence-electron chi connectivity index (χ1n) is 12.0. The van der Waals surface area contributed by atoms with Gasteiger partial charge in [-0.2, -0.15) is 0 Å². The summed E-state index contributed by atoms with van der Waals surface area (Å²) in [5, 5.41) is 12.4. The fraction of sp³-hybridized carbons (Fsp3) is 0.423. The van der Waals surface area contributed by atoms with Crippen LogP contribution in [0.15, 0.2) is 54.6 Å². The van der Waals surface area contributed by atoms with Gasteiger partial charge in [-0.05, 0) is 36.5 Å². The molecule has 0 saturated carbocycles. The number of phenolic OH excluding ortho intramolecular Hbond substituents is 1. The Bertz CT molecular complexity index is 1150. The zero-order valence-corrected chi connectivity index (χ0v) is 22.2. The molecule has 10 nitrogen and oxygen atoms in total. The smallest absolute Gasteiger partial charge is 0.323 e. The molecule has 0 fully saturated rings.